The summed E-state index contributed by atoms with van der Waals surface area (Å²) in [5, 5.41) is 8.76. The average molecular weight is 274 g/mol. The van der Waals surface area contributed by atoms with Gasteiger partial charge < -0.3 is 0 Å². The zero-order valence-corrected chi connectivity index (χ0v) is 11.2. The van der Waals surface area contributed by atoms with Crippen molar-refractivity contribution in [3.63, 3.8) is 0 Å². The molecule has 4 nitrogen and oxygen atoms in total. The molecule has 2 aliphatic heterocycles. The van der Waals surface area contributed by atoms with Crippen LogP contribution in [0.4, 0.5) is 0 Å². The van der Waals surface area contributed by atoms with Crippen LogP contribution in [0.3, 0.4) is 0 Å². The first-order valence-electron chi connectivity index (χ1n) is 6.33. The van der Waals surface area contributed by atoms with Crippen LogP contribution in [0.2, 0.25) is 0 Å². The molecule has 0 radical (unpaired) electrons. The summed E-state index contributed by atoms with van der Waals surface area (Å²) >= 11 is 0. The van der Waals surface area contributed by atoms with Crippen LogP contribution >= 0.6 is 0 Å². The lowest BCUT2D eigenvalue weighted by Gasteiger charge is -2.30. The number of hydrogen-bond acceptors (Lipinski definition) is 3. The van der Waals surface area contributed by atoms with E-state index in [1.807, 2.05) is 12.1 Å². The Morgan fingerprint density at radius 3 is 2.58 bits per heavy atom. The van der Waals surface area contributed by atoms with Crippen LogP contribution in [-0.2, 0) is 10.0 Å². The van der Waals surface area contributed by atoms with E-state index in [-0.39, 0.29) is 17.0 Å². The van der Waals surface area contributed by atoms with Crippen LogP contribution < -0.4 is 0 Å². The van der Waals surface area contributed by atoms with E-state index in [1.54, 1.807) is 16.4 Å². The van der Waals surface area contributed by atoms with E-state index >= 15 is 0 Å². The highest BCUT2D eigenvalue weighted by Gasteiger charge is 2.42. The van der Waals surface area contributed by atoms with E-state index in [9.17, 15) is 8.42 Å². The second-order valence-electron chi connectivity index (χ2n) is 4.93. The number of rotatable bonds is 2. The third kappa shape index (κ3) is 1.97. The Morgan fingerprint density at radius 1 is 1.21 bits per heavy atom. The molecule has 0 spiro atoms. The van der Waals surface area contributed by atoms with E-state index in [4.69, 9.17) is 5.26 Å². The largest absolute Gasteiger partial charge is 0.243 e. The molecule has 0 aliphatic carbocycles. The number of sulfonamides is 1. The van der Waals surface area contributed by atoms with E-state index in [1.165, 1.54) is 12.1 Å². The third-order valence-corrected chi connectivity index (χ3v) is 5.80. The molecule has 5 heteroatoms. The predicted octanol–water partition coefficient (Wildman–Crippen LogP) is 2.04. The molecular weight excluding hydrogens is 260 g/mol. The number of hydrogen-bond donors (Lipinski definition) is 0. The highest BCUT2D eigenvalue weighted by molar-refractivity contribution is 7.89. The normalized spacial score (nSPS) is 26.3. The number of nitrogens with zero attached hydrogens (tertiary/aromatic N) is 2. The molecule has 2 bridgehead atoms. The third-order valence-electron chi connectivity index (χ3n) is 3.81. The summed E-state index contributed by atoms with van der Waals surface area (Å²) in [6.07, 6.45) is 6.69. The summed E-state index contributed by atoms with van der Waals surface area (Å²) < 4.78 is 26.9. The molecule has 2 heterocycles. The van der Waals surface area contributed by atoms with E-state index < -0.39 is 10.0 Å². The fraction of sp³-hybridized carbons (Fsp3) is 0.357. The summed E-state index contributed by atoms with van der Waals surface area (Å²) in [4.78, 5) is 0.277. The van der Waals surface area contributed by atoms with Crippen molar-refractivity contribution in [2.24, 2.45) is 0 Å². The molecule has 1 fully saturated rings. The first kappa shape index (κ1) is 12.4. The van der Waals surface area contributed by atoms with Crippen molar-refractivity contribution < 1.29 is 8.42 Å². The molecule has 19 heavy (non-hydrogen) atoms. The zero-order chi connectivity index (χ0) is 13.5. The molecule has 1 aromatic carbocycles. The number of fused-ring (bicyclic) bond motifs is 2. The maximum atomic E-state index is 12.7. The molecule has 1 saturated heterocycles. The second kappa shape index (κ2) is 4.48. The lowest BCUT2D eigenvalue weighted by molar-refractivity contribution is 0.341. The first-order valence-corrected chi connectivity index (χ1v) is 7.77. The lowest BCUT2D eigenvalue weighted by Crippen LogP contribution is -2.41. The molecule has 2 unspecified atom stereocenters. The molecule has 2 aliphatic rings. The van der Waals surface area contributed by atoms with E-state index in [0.29, 0.717) is 5.56 Å². The Bertz CT molecular complexity index is 656. The smallest absolute Gasteiger partial charge is 0.207 e. The van der Waals surface area contributed by atoms with Crippen molar-refractivity contribution in [1.82, 2.24) is 4.31 Å². The summed E-state index contributed by atoms with van der Waals surface area (Å²) in [5.41, 5.74) is 0.473. The summed E-state index contributed by atoms with van der Waals surface area (Å²) in [6.45, 7) is 0. The minimum Gasteiger partial charge on any atom is -0.207 e. The number of nitriles is 1. The Balaban J connectivity index is 1.99. The van der Waals surface area contributed by atoms with Gasteiger partial charge in [0.1, 0.15) is 0 Å². The van der Waals surface area contributed by atoms with Gasteiger partial charge in [-0.2, -0.15) is 9.57 Å². The van der Waals surface area contributed by atoms with Crippen molar-refractivity contribution in [2.45, 2.75) is 36.2 Å². The highest BCUT2D eigenvalue weighted by Crippen LogP contribution is 2.36. The lowest BCUT2D eigenvalue weighted by atomic mass is 10.2. The minimum atomic E-state index is -3.45. The van der Waals surface area contributed by atoms with Crippen molar-refractivity contribution in [3.8, 4) is 6.07 Å². The molecule has 0 amide bonds. The molecule has 0 aromatic heterocycles. The molecule has 0 N–H and O–H groups in total. The van der Waals surface area contributed by atoms with Gasteiger partial charge in [0.15, 0.2) is 0 Å². The van der Waals surface area contributed by atoms with Crippen LogP contribution in [0.5, 0.6) is 0 Å². The highest BCUT2D eigenvalue weighted by atomic mass is 32.2. The summed E-state index contributed by atoms with van der Waals surface area (Å²) in [5.74, 6) is 0. The minimum absolute atomic E-state index is 0.000562. The summed E-state index contributed by atoms with van der Waals surface area (Å²) in [7, 11) is -3.45. The Hall–Kier alpha value is -1.64. The van der Waals surface area contributed by atoms with Gasteiger partial charge in [0, 0.05) is 12.1 Å². The van der Waals surface area contributed by atoms with Crippen molar-refractivity contribution in [2.75, 3.05) is 0 Å². The van der Waals surface area contributed by atoms with Crippen LogP contribution in [-0.4, -0.2) is 24.8 Å². The van der Waals surface area contributed by atoms with Gasteiger partial charge in [0.25, 0.3) is 0 Å². The molecule has 1 aromatic rings. The van der Waals surface area contributed by atoms with Crippen LogP contribution in [0.25, 0.3) is 0 Å². The molecule has 3 rings (SSSR count). The maximum absolute atomic E-state index is 12.7. The van der Waals surface area contributed by atoms with Gasteiger partial charge in [0.2, 0.25) is 10.0 Å². The summed E-state index contributed by atoms with van der Waals surface area (Å²) in [6, 6.07) is 8.23. The second-order valence-corrected chi connectivity index (χ2v) is 6.78. The fourth-order valence-corrected chi connectivity index (χ4v) is 4.72. The van der Waals surface area contributed by atoms with Crippen LogP contribution in [0, 0.1) is 11.3 Å². The number of benzene rings is 1. The maximum Gasteiger partial charge on any atom is 0.243 e. The fourth-order valence-electron chi connectivity index (χ4n) is 2.88. The van der Waals surface area contributed by atoms with Gasteiger partial charge in [-0.3, -0.25) is 0 Å². The SMILES string of the molecule is N#Cc1ccc(S(=O)(=O)N2C3C=CCC2CC3)cc1. The Labute approximate surface area is 113 Å². The van der Waals surface area contributed by atoms with Gasteiger partial charge in [-0.1, -0.05) is 12.2 Å². The topological polar surface area (TPSA) is 61.2 Å². The quantitative estimate of drug-likeness (QED) is 0.775. The van der Waals surface area contributed by atoms with Crippen molar-refractivity contribution in [1.29, 1.82) is 5.26 Å². The van der Waals surface area contributed by atoms with Gasteiger partial charge in [-0.15, -0.1) is 0 Å². The Kier molecular flexibility index (Phi) is 2.92. The first-order chi connectivity index (χ1) is 9.13. The van der Waals surface area contributed by atoms with Gasteiger partial charge in [0.05, 0.1) is 16.5 Å². The van der Waals surface area contributed by atoms with E-state index in [2.05, 4.69) is 6.08 Å². The van der Waals surface area contributed by atoms with E-state index in [0.717, 1.165) is 19.3 Å². The van der Waals surface area contributed by atoms with Gasteiger partial charge >= 0.3 is 0 Å². The van der Waals surface area contributed by atoms with Gasteiger partial charge in [-0.05, 0) is 43.5 Å². The standard InChI is InChI=1S/C14H14N2O2S/c15-10-11-4-8-14(9-5-11)19(17,18)16-12-2-1-3-13(16)7-6-12/h1-2,4-5,8-9,12-13H,3,6-7H2. The Morgan fingerprint density at radius 2 is 1.95 bits per heavy atom. The molecule has 2 atom stereocenters. The predicted molar refractivity (Wildman–Crippen MR) is 70.7 cm³/mol. The van der Waals surface area contributed by atoms with Crippen LogP contribution in [0.15, 0.2) is 41.3 Å². The zero-order valence-electron chi connectivity index (χ0n) is 10.4. The van der Waals surface area contributed by atoms with Gasteiger partial charge in [-0.25, -0.2) is 8.42 Å². The molecular formula is C14H14N2O2S. The van der Waals surface area contributed by atoms with Crippen molar-refractivity contribution in [3.05, 3.63) is 42.0 Å². The molecule has 98 valence electrons. The molecule has 0 saturated carbocycles. The monoisotopic (exact) mass is 274 g/mol. The van der Waals surface area contributed by atoms with Crippen molar-refractivity contribution >= 4 is 10.0 Å². The average Bonchev–Trinajstić information content (AvgIpc) is 2.70. The van der Waals surface area contributed by atoms with Crippen LogP contribution in [0.1, 0.15) is 24.8 Å².